The van der Waals surface area contributed by atoms with Crippen molar-refractivity contribution in [2.45, 2.75) is 32.9 Å². The molecule has 0 aliphatic carbocycles. The largest absolute Gasteiger partial charge is 0.347 e. The van der Waals surface area contributed by atoms with Gasteiger partial charge in [0.1, 0.15) is 6.17 Å². The van der Waals surface area contributed by atoms with Crippen LogP contribution in [0.1, 0.15) is 26.7 Å². The smallest absolute Gasteiger partial charge is 0.225 e. The van der Waals surface area contributed by atoms with Crippen LogP contribution in [0.15, 0.2) is 9.98 Å². The van der Waals surface area contributed by atoms with Gasteiger partial charge in [-0.2, -0.15) is 4.99 Å². The molecule has 0 saturated carbocycles. The third-order valence-corrected chi connectivity index (χ3v) is 2.46. The van der Waals surface area contributed by atoms with Crippen LogP contribution in [0.2, 0.25) is 0 Å². The van der Waals surface area contributed by atoms with Gasteiger partial charge in [-0.25, -0.2) is 4.99 Å². The Balaban J connectivity index is 2.69. The van der Waals surface area contributed by atoms with Crippen LogP contribution < -0.4 is 5.32 Å². The Labute approximate surface area is 98.2 Å². The lowest BCUT2D eigenvalue weighted by Crippen LogP contribution is -2.47. The fraction of sp³-hybridized carbons (Fsp3) is 0.818. The van der Waals surface area contributed by atoms with Crippen molar-refractivity contribution < 1.29 is 0 Å². The normalized spacial score (nSPS) is 19.7. The molecule has 1 rings (SSSR count). The van der Waals surface area contributed by atoms with E-state index in [2.05, 4.69) is 34.2 Å². The van der Waals surface area contributed by atoms with E-state index in [4.69, 9.17) is 0 Å². The van der Waals surface area contributed by atoms with E-state index >= 15 is 0 Å². The molecule has 1 N–H and O–H groups in total. The highest BCUT2D eigenvalue weighted by molar-refractivity contribution is 5.96. The zero-order valence-electron chi connectivity index (χ0n) is 11.0. The number of guanidine groups is 2. The molecule has 0 aromatic heterocycles. The van der Waals surface area contributed by atoms with Crippen LogP contribution in [-0.4, -0.2) is 55.6 Å². The predicted molar refractivity (Wildman–Crippen MR) is 68.7 cm³/mol. The number of rotatable bonds is 3. The van der Waals surface area contributed by atoms with E-state index in [-0.39, 0.29) is 6.17 Å². The third-order valence-electron chi connectivity index (χ3n) is 2.46. The first-order valence-electron chi connectivity index (χ1n) is 5.86. The Morgan fingerprint density at radius 3 is 2.56 bits per heavy atom. The Kier molecular flexibility index (Phi) is 4.58. The van der Waals surface area contributed by atoms with Gasteiger partial charge in [0.25, 0.3) is 0 Å². The molecule has 1 aliphatic rings. The van der Waals surface area contributed by atoms with E-state index in [1.54, 1.807) is 0 Å². The maximum atomic E-state index is 4.49. The summed E-state index contributed by atoms with van der Waals surface area (Å²) in [6.45, 7) is 5.25. The summed E-state index contributed by atoms with van der Waals surface area (Å²) in [4.78, 5) is 13.0. The van der Waals surface area contributed by atoms with Crippen molar-refractivity contribution in [2.24, 2.45) is 9.98 Å². The summed E-state index contributed by atoms with van der Waals surface area (Å²) >= 11 is 0. The molecule has 1 unspecified atom stereocenters. The zero-order valence-corrected chi connectivity index (χ0v) is 11.0. The first-order chi connectivity index (χ1) is 7.54. The van der Waals surface area contributed by atoms with Gasteiger partial charge in [-0.05, 0) is 13.3 Å². The molecule has 0 fully saturated rings. The van der Waals surface area contributed by atoms with Crippen molar-refractivity contribution in [2.75, 3.05) is 27.7 Å². The van der Waals surface area contributed by atoms with Crippen molar-refractivity contribution in [3.8, 4) is 0 Å². The molecule has 1 heterocycles. The van der Waals surface area contributed by atoms with E-state index < -0.39 is 0 Å². The summed E-state index contributed by atoms with van der Waals surface area (Å²) in [7, 11) is 5.99. The Hall–Kier alpha value is -1.26. The van der Waals surface area contributed by atoms with Crippen molar-refractivity contribution in [1.29, 1.82) is 0 Å². The molecule has 0 aromatic rings. The Bertz CT molecular complexity index is 282. The third kappa shape index (κ3) is 3.40. The average molecular weight is 225 g/mol. The van der Waals surface area contributed by atoms with Gasteiger partial charge in [-0.3, -0.25) is 0 Å². The second-order valence-electron chi connectivity index (χ2n) is 4.35. The van der Waals surface area contributed by atoms with Crippen LogP contribution in [0.5, 0.6) is 0 Å². The highest BCUT2D eigenvalue weighted by atomic mass is 15.4. The number of unbranched alkanes of at least 4 members (excludes halogenated alkanes) is 1. The monoisotopic (exact) mass is 225 g/mol. The molecule has 5 nitrogen and oxygen atoms in total. The zero-order chi connectivity index (χ0) is 12.1. The van der Waals surface area contributed by atoms with Gasteiger partial charge in [0.05, 0.1) is 0 Å². The number of nitrogens with one attached hydrogen (secondary N) is 1. The molecule has 1 atom stereocenters. The molecule has 0 saturated heterocycles. The fourth-order valence-electron chi connectivity index (χ4n) is 1.46. The summed E-state index contributed by atoms with van der Waals surface area (Å²) in [6.07, 6.45) is 2.47. The Morgan fingerprint density at radius 1 is 1.31 bits per heavy atom. The summed E-state index contributed by atoms with van der Waals surface area (Å²) in [5.41, 5.74) is 0. The first-order valence-corrected chi connectivity index (χ1v) is 5.86. The average Bonchev–Trinajstić information content (AvgIpc) is 2.24. The predicted octanol–water partition coefficient (Wildman–Crippen LogP) is 0.941. The SMILES string of the molecule is CCCCN(C)C1=NC(N(C)C)=NC(C)N1. The molecule has 0 aromatic carbocycles. The molecular weight excluding hydrogens is 202 g/mol. The van der Waals surface area contributed by atoms with E-state index in [0.29, 0.717) is 0 Å². The first kappa shape index (κ1) is 12.8. The van der Waals surface area contributed by atoms with Crippen molar-refractivity contribution in [3.63, 3.8) is 0 Å². The minimum atomic E-state index is 0.0916. The molecule has 5 heteroatoms. The number of aliphatic imine (C=N–C) groups is 2. The van der Waals surface area contributed by atoms with E-state index in [0.717, 1.165) is 18.5 Å². The molecule has 0 spiro atoms. The maximum Gasteiger partial charge on any atom is 0.225 e. The summed E-state index contributed by atoms with van der Waals surface area (Å²) < 4.78 is 0. The number of nitrogens with zero attached hydrogens (tertiary/aromatic N) is 4. The molecule has 92 valence electrons. The van der Waals surface area contributed by atoms with E-state index in [1.807, 2.05) is 25.9 Å². The van der Waals surface area contributed by atoms with Gasteiger partial charge in [0.15, 0.2) is 0 Å². The van der Waals surface area contributed by atoms with E-state index in [9.17, 15) is 0 Å². The molecule has 0 radical (unpaired) electrons. The number of hydrogen-bond acceptors (Lipinski definition) is 5. The summed E-state index contributed by atoms with van der Waals surface area (Å²) in [6, 6.07) is 0. The Morgan fingerprint density at radius 2 is 2.00 bits per heavy atom. The lowest BCUT2D eigenvalue weighted by Gasteiger charge is -2.28. The molecular formula is C11H23N5. The second-order valence-corrected chi connectivity index (χ2v) is 4.35. The van der Waals surface area contributed by atoms with Gasteiger partial charge in [-0.15, -0.1) is 0 Å². The van der Waals surface area contributed by atoms with Crippen molar-refractivity contribution in [3.05, 3.63) is 0 Å². The fourth-order valence-corrected chi connectivity index (χ4v) is 1.46. The van der Waals surface area contributed by atoms with E-state index in [1.165, 1.54) is 12.8 Å². The highest BCUT2D eigenvalue weighted by Gasteiger charge is 2.16. The minimum Gasteiger partial charge on any atom is -0.347 e. The van der Waals surface area contributed by atoms with Crippen LogP contribution in [0, 0.1) is 0 Å². The molecule has 1 aliphatic heterocycles. The lowest BCUT2D eigenvalue weighted by atomic mass is 10.3. The minimum absolute atomic E-state index is 0.0916. The maximum absolute atomic E-state index is 4.49. The quantitative estimate of drug-likeness (QED) is 0.777. The van der Waals surface area contributed by atoms with Crippen molar-refractivity contribution >= 4 is 11.9 Å². The van der Waals surface area contributed by atoms with Gasteiger partial charge in [0, 0.05) is 27.7 Å². The molecule has 16 heavy (non-hydrogen) atoms. The second kappa shape index (κ2) is 5.72. The van der Waals surface area contributed by atoms with Crippen LogP contribution in [0.25, 0.3) is 0 Å². The topological polar surface area (TPSA) is 43.2 Å². The van der Waals surface area contributed by atoms with Crippen molar-refractivity contribution in [1.82, 2.24) is 15.1 Å². The molecule has 0 amide bonds. The van der Waals surface area contributed by atoms with Gasteiger partial charge in [-0.1, -0.05) is 13.3 Å². The van der Waals surface area contributed by atoms with Crippen LogP contribution in [0.4, 0.5) is 0 Å². The van der Waals surface area contributed by atoms with Crippen LogP contribution in [-0.2, 0) is 0 Å². The standard InChI is InChI=1S/C11H23N5/c1-6-7-8-16(5)11-13-9(2)12-10(14-11)15(3)4/h9H,6-8H2,1-5H3,(H,12,13,14). The lowest BCUT2D eigenvalue weighted by molar-refractivity contribution is 0.449. The molecule has 0 bridgehead atoms. The highest BCUT2D eigenvalue weighted by Crippen LogP contribution is 2.02. The van der Waals surface area contributed by atoms with Gasteiger partial charge >= 0.3 is 0 Å². The van der Waals surface area contributed by atoms with Gasteiger partial charge in [0.2, 0.25) is 11.9 Å². The summed E-state index contributed by atoms with van der Waals surface area (Å²) in [5, 5.41) is 3.27. The van der Waals surface area contributed by atoms with Crippen LogP contribution in [0.3, 0.4) is 0 Å². The van der Waals surface area contributed by atoms with Gasteiger partial charge < -0.3 is 15.1 Å². The van der Waals surface area contributed by atoms with Crippen LogP contribution >= 0.6 is 0 Å². The number of hydrogen-bond donors (Lipinski definition) is 1. The summed E-state index contributed by atoms with van der Waals surface area (Å²) in [5.74, 6) is 1.70.